The predicted molar refractivity (Wildman–Crippen MR) is 84.6 cm³/mol. The molecule has 120 valence electrons. The van der Waals surface area contributed by atoms with E-state index in [-0.39, 0.29) is 9.23 Å². The molecule has 1 saturated heterocycles. The zero-order valence-corrected chi connectivity index (χ0v) is 13.6. The summed E-state index contributed by atoms with van der Waals surface area (Å²) in [5.41, 5.74) is 1.76. The van der Waals surface area contributed by atoms with E-state index in [9.17, 15) is 24.6 Å². The van der Waals surface area contributed by atoms with Crippen LogP contribution in [-0.2, 0) is 14.4 Å². The largest absolute Gasteiger partial charge is 0.550 e. The highest BCUT2D eigenvalue weighted by molar-refractivity contribution is 8.26. The number of carboxylic acid groups (broad SMARTS) is 2. The molecule has 0 bridgehead atoms. The highest BCUT2D eigenvalue weighted by Gasteiger charge is 2.37. The fraction of sp³-hybridized carbons (Fsp3) is 0.200. The Bertz CT molecular complexity index is 728. The highest BCUT2D eigenvalue weighted by atomic mass is 32.2. The van der Waals surface area contributed by atoms with Crippen LogP contribution < -0.4 is 10.2 Å². The molecule has 0 aliphatic carbocycles. The van der Waals surface area contributed by atoms with E-state index in [1.807, 2.05) is 25.1 Å². The first kappa shape index (κ1) is 17.2. The second-order valence-corrected chi connectivity index (χ2v) is 6.55. The average molecular weight is 349 g/mol. The van der Waals surface area contributed by atoms with Crippen molar-refractivity contribution < 1.29 is 24.6 Å². The summed E-state index contributed by atoms with van der Waals surface area (Å²) in [5.74, 6) is -3.95. The number of rotatable bonds is 5. The topological polar surface area (TPSA) is 101 Å². The lowest BCUT2D eigenvalue weighted by molar-refractivity contribution is -0.319. The Labute approximate surface area is 141 Å². The number of hydrogen-bond acceptors (Lipinski definition) is 7. The first-order valence-electron chi connectivity index (χ1n) is 6.54. The number of amides is 1. The lowest BCUT2D eigenvalue weighted by Crippen LogP contribution is -2.52. The van der Waals surface area contributed by atoms with Gasteiger partial charge in [0.2, 0.25) is 0 Å². The molecule has 0 aromatic heterocycles. The molecule has 0 spiro atoms. The molecular formula is C15H11NO5S2-2. The fourth-order valence-corrected chi connectivity index (χ4v) is 3.45. The molecule has 23 heavy (non-hydrogen) atoms. The van der Waals surface area contributed by atoms with Gasteiger partial charge in [-0.2, -0.15) is 0 Å². The van der Waals surface area contributed by atoms with Gasteiger partial charge in [-0.05, 0) is 18.6 Å². The number of carbonyl (C=O) groups excluding carboxylic acids is 3. The quantitative estimate of drug-likeness (QED) is 0.519. The van der Waals surface area contributed by atoms with Crippen molar-refractivity contribution in [3.8, 4) is 0 Å². The van der Waals surface area contributed by atoms with Gasteiger partial charge in [0, 0.05) is 12.4 Å². The fourth-order valence-electron chi connectivity index (χ4n) is 2.10. The van der Waals surface area contributed by atoms with Gasteiger partial charge < -0.3 is 19.8 Å². The van der Waals surface area contributed by atoms with E-state index in [2.05, 4.69) is 0 Å². The number of carbonyl (C=O) groups is 3. The van der Waals surface area contributed by atoms with Gasteiger partial charge in [-0.3, -0.25) is 9.69 Å². The molecule has 2 rings (SSSR count). The molecule has 1 heterocycles. The lowest BCUT2D eigenvalue weighted by atomic mass is 10.1. The third-order valence-corrected chi connectivity index (χ3v) is 4.44. The predicted octanol–water partition coefficient (Wildman–Crippen LogP) is -0.545. The Morgan fingerprint density at radius 2 is 2.09 bits per heavy atom. The average Bonchev–Trinajstić information content (AvgIpc) is 2.71. The molecular weight excluding hydrogens is 338 g/mol. The number of thiocarbonyl (C=S) groups is 1. The first-order chi connectivity index (χ1) is 10.8. The zero-order valence-electron chi connectivity index (χ0n) is 12.0. The van der Waals surface area contributed by atoms with E-state index >= 15 is 0 Å². The SMILES string of the molecule is Cc1cccc(/C=C2\SC(=S)N([C@@H](CC(=O)[O-])C(=O)[O-])C2=O)c1. The van der Waals surface area contributed by atoms with E-state index in [1.54, 1.807) is 12.1 Å². The van der Waals surface area contributed by atoms with Crippen molar-refractivity contribution in [3.63, 3.8) is 0 Å². The van der Waals surface area contributed by atoms with Crippen LogP contribution in [-0.4, -0.2) is 33.1 Å². The van der Waals surface area contributed by atoms with Crippen molar-refractivity contribution in [1.29, 1.82) is 0 Å². The number of benzene rings is 1. The Hall–Kier alpha value is -2.19. The van der Waals surface area contributed by atoms with Crippen molar-refractivity contribution in [2.24, 2.45) is 0 Å². The third-order valence-electron chi connectivity index (χ3n) is 3.11. The van der Waals surface area contributed by atoms with Crippen LogP contribution in [0.25, 0.3) is 6.08 Å². The van der Waals surface area contributed by atoms with Crippen LogP contribution in [0.5, 0.6) is 0 Å². The normalized spacial score (nSPS) is 17.6. The maximum Gasteiger partial charge on any atom is 0.266 e. The summed E-state index contributed by atoms with van der Waals surface area (Å²) in [6.45, 7) is 1.90. The van der Waals surface area contributed by atoms with Crippen LogP contribution in [0.15, 0.2) is 29.2 Å². The maximum atomic E-state index is 12.4. The first-order valence-corrected chi connectivity index (χ1v) is 7.76. The third kappa shape index (κ3) is 3.96. The number of nitrogens with zero attached hydrogens (tertiary/aromatic N) is 1. The number of aryl methyl sites for hydroxylation is 1. The summed E-state index contributed by atoms with van der Waals surface area (Å²) in [6.07, 6.45) is 0.699. The van der Waals surface area contributed by atoms with Gasteiger partial charge in [0.25, 0.3) is 5.91 Å². The second kappa shape index (κ2) is 6.93. The minimum absolute atomic E-state index is 0.0237. The van der Waals surface area contributed by atoms with Crippen molar-refractivity contribution in [1.82, 2.24) is 4.90 Å². The molecule has 1 fully saturated rings. The van der Waals surface area contributed by atoms with E-state index < -0.39 is 30.3 Å². The van der Waals surface area contributed by atoms with Gasteiger partial charge >= 0.3 is 0 Å². The van der Waals surface area contributed by atoms with E-state index in [0.29, 0.717) is 0 Å². The molecule has 0 unspecified atom stereocenters. The summed E-state index contributed by atoms with van der Waals surface area (Å²) in [4.78, 5) is 35.2. The molecule has 0 N–H and O–H groups in total. The van der Waals surface area contributed by atoms with Gasteiger partial charge in [0.05, 0.1) is 16.9 Å². The lowest BCUT2D eigenvalue weighted by Gasteiger charge is -2.27. The zero-order chi connectivity index (χ0) is 17.1. The van der Waals surface area contributed by atoms with Crippen molar-refractivity contribution in [3.05, 3.63) is 40.3 Å². The number of thioether (sulfide) groups is 1. The summed E-state index contributed by atoms with van der Waals surface area (Å²) < 4.78 is -0.0237. The summed E-state index contributed by atoms with van der Waals surface area (Å²) in [5, 5.41) is 21.8. The Morgan fingerprint density at radius 3 is 2.65 bits per heavy atom. The number of carboxylic acids is 2. The summed E-state index contributed by atoms with van der Waals surface area (Å²) >= 11 is 5.93. The van der Waals surface area contributed by atoms with Crippen LogP contribution in [0.2, 0.25) is 0 Å². The van der Waals surface area contributed by atoms with Crippen LogP contribution in [0.1, 0.15) is 17.5 Å². The van der Waals surface area contributed by atoms with Crippen molar-refractivity contribution in [2.45, 2.75) is 19.4 Å². The van der Waals surface area contributed by atoms with Gasteiger partial charge in [0.1, 0.15) is 4.32 Å². The molecule has 8 heteroatoms. The van der Waals surface area contributed by atoms with Crippen molar-refractivity contribution in [2.75, 3.05) is 0 Å². The molecule has 0 radical (unpaired) electrons. The van der Waals surface area contributed by atoms with E-state index in [1.165, 1.54) is 0 Å². The van der Waals surface area contributed by atoms with Gasteiger partial charge in [-0.25, -0.2) is 0 Å². The van der Waals surface area contributed by atoms with Gasteiger partial charge in [-0.15, -0.1) is 0 Å². The second-order valence-electron chi connectivity index (χ2n) is 4.88. The molecule has 1 atom stereocenters. The van der Waals surface area contributed by atoms with Crippen molar-refractivity contribution >= 4 is 52.2 Å². The standard InChI is InChI=1S/C15H13NO5S2/c1-8-3-2-4-9(5-8)6-11-13(19)16(15(22)23-11)10(14(20)21)7-12(17)18/h2-6,10H,7H2,1H3,(H,17,18)(H,20,21)/p-2/b11-6-/t10-/m0/s1. The minimum atomic E-state index is -1.69. The Kier molecular flexibility index (Phi) is 5.17. The highest BCUT2D eigenvalue weighted by Crippen LogP contribution is 2.34. The van der Waals surface area contributed by atoms with Gasteiger partial charge in [-0.1, -0.05) is 53.8 Å². The molecule has 1 aromatic rings. The Balaban J connectivity index is 2.32. The minimum Gasteiger partial charge on any atom is -0.550 e. The van der Waals surface area contributed by atoms with Crippen LogP contribution in [0.4, 0.5) is 0 Å². The molecule has 1 aliphatic heterocycles. The summed E-state index contributed by atoms with van der Waals surface area (Å²) in [7, 11) is 0. The molecule has 1 aliphatic rings. The van der Waals surface area contributed by atoms with E-state index in [4.69, 9.17) is 12.2 Å². The number of hydrogen-bond donors (Lipinski definition) is 0. The van der Waals surface area contributed by atoms with Crippen LogP contribution in [0.3, 0.4) is 0 Å². The van der Waals surface area contributed by atoms with Gasteiger partial charge in [0.15, 0.2) is 0 Å². The monoisotopic (exact) mass is 349 g/mol. The molecule has 0 saturated carbocycles. The number of aliphatic carboxylic acids is 2. The Morgan fingerprint density at radius 1 is 1.39 bits per heavy atom. The van der Waals surface area contributed by atoms with E-state index in [0.717, 1.165) is 27.8 Å². The van der Waals surface area contributed by atoms with Crippen LogP contribution >= 0.6 is 24.0 Å². The maximum absolute atomic E-state index is 12.4. The molecule has 6 nitrogen and oxygen atoms in total. The smallest absolute Gasteiger partial charge is 0.266 e. The summed E-state index contributed by atoms with van der Waals surface area (Å²) in [6, 6.07) is 5.67. The van der Waals surface area contributed by atoms with Crippen LogP contribution in [0, 0.1) is 6.92 Å². The molecule has 1 amide bonds. The molecule has 1 aromatic carbocycles.